The molecule has 4 rings (SSSR count). The Morgan fingerprint density at radius 1 is 0.917 bits per heavy atom. The average molecular weight is 488 g/mol. The maximum Gasteiger partial charge on any atom is 0.309 e. The summed E-state index contributed by atoms with van der Waals surface area (Å²) in [6.45, 7) is 6.18. The van der Waals surface area contributed by atoms with Crippen molar-refractivity contribution in [1.29, 1.82) is 0 Å². The van der Waals surface area contributed by atoms with E-state index in [1.807, 2.05) is 77.9 Å². The molecule has 0 atom stereocenters. The lowest BCUT2D eigenvalue weighted by Crippen LogP contribution is -2.31. The molecule has 2 aromatic rings. The maximum absolute atomic E-state index is 11.1. The molecule has 7 heteroatoms. The van der Waals surface area contributed by atoms with Gasteiger partial charge in [0.25, 0.3) is 0 Å². The van der Waals surface area contributed by atoms with E-state index in [0.29, 0.717) is 37.5 Å². The summed E-state index contributed by atoms with van der Waals surface area (Å²) in [5.41, 5.74) is 4.71. The number of carbonyl (C=O) groups is 2. The Morgan fingerprint density at radius 2 is 1.67 bits per heavy atom. The summed E-state index contributed by atoms with van der Waals surface area (Å²) in [4.78, 5) is 24.3. The molecule has 0 unspecified atom stereocenters. The normalized spacial score (nSPS) is 12.1. The van der Waals surface area contributed by atoms with E-state index < -0.39 is 11.9 Å². The number of anilines is 1. The number of rotatable bonds is 10. The highest BCUT2D eigenvalue weighted by Gasteiger charge is 2.20. The monoisotopic (exact) mass is 487 g/mol. The Bertz CT molecular complexity index is 1420. The molecule has 1 aliphatic heterocycles. The van der Waals surface area contributed by atoms with Gasteiger partial charge in [-0.1, -0.05) is 30.3 Å². The molecule has 2 N–H and O–H groups in total. The van der Waals surface area contributed by atoms with E-state index in [-0.39, 0.29) is 12.8 Å². The number of nitrogens with zero attached hydrogens (tertiary/aromatic N) is 2. The zero-order chi connectivity index (χ0) is 25.7. The Balaban J connectivity index is 1.94. The van der Waals surface area contributed by atoms with E-state index in [9.17, 15) is 9.59 Å². The van der Waals surface area contributed by atoms with Crippen LogP contribution in [0.1, 0.15) is 26.7 Å². The first-order valence-corrected chi connectivity index (χ1v) is 12.2. The van der Waals surface area contributed by atoms with Crippen molar-refractivity contribution in [2.24, 2.45) is 0 Å². The quantitative estimate of drug-likeness (QED) is 0.247. The van der Waals surface area contributed by atoms with Crippen molar-refractivity contribution >= 4 is 28.6 Å². The second-order valence-electron chi connectivity index (χ2n) is 8.65. The third kappa shape index (κ3) is 5.40. The Kier molecular flexibility index (Phi) is 7.68. The van der Waals surface area contributed by atoms with Crippen LogP contribution in [0.2, 0.25) is 0 Å². The van der Waals surface area contributed by atoms with Gasteiger partial charge < -0.3 is 19.5 Å². The van der Waals surface area contributed by atoms with Gasteiger partial charge in [-0.2, -0.15) is 0 Å². The highest BCUT2D eigenvalue weighted by atomic mass is 16.4. The van der Waals surface area contributed by atoms with Crippen LogP contribution in [0.15, 0.2) is 71.1 Å². The highest BCUT2D eigenvalue weighted by molar-refractivity contribution is 6.02. The Labute approximate surface area is 209 Å². The van der Waals surface area contributed by atoms with Crippen molar-refractivity contribution in [3.8, 4) is 22.5 Å². The number of aliphatic carboxylic acids is 2. The number of benzene rings is 3. The minimum Gasteiger partial charge on any atom is -0.481 e. The molecule has 0 saturated carbocycles. The molecule has 0 amide bonds. The molecule has 0 saturated heterocycles. The van der Waals surface area contributed by atoms with Crippen LogP contribution in [-0.2, 0) is 9.59 Å². The smallest absolute Gasteiger partial charge is 0.309 e. The molecule has 0 fully saturated rings. The van der Waals surface area contributed by atoms with E-state index in [0.717, 1.165) is 33.1 Å². The second-order valence-corrected chi connectivity index (χ2v) is 8.65. The Morgan fingerprint density at radius 3 is 2.33 bits per heavy atom. The Hall–Kier alpha value is -4.13. The van der Waals surface area contributed by atoms with Crippen molar-refractivity contribution in [3.05, 3.63) is 72.1 Å². The molecule has 7 nitrogen and oxygen atoms in total. The van der Waals surface area contributed by atoms with Gasteiger partial charge in [0.05, 0.1) is 12.5 Å². The van der Waals surface area contributed by atoms with Gasteiger partial charge in [0.2, 0.25) is 5.36 Å². The molecule has 0 aromatic heterocycles. The van der Waals surface area contributed by atoms with Crippen molar-refractivity contribution in [1.82, 2.24) is 4.58 Å². The topological polar surface area (TPSA) is 94.0 Å². The van der Waals surface area contributed by atoms with Gasteiger partial charge in [0, 0.05) is 47.4 Å². The fourth-order valence-corrected chi connectivity index (χ4v) is 4.58. The zero-order valence-electron chi connectivity index (χ0n) is 20.6. The minimum atomic E-state index is -0.827. The van der Waals surface area contributed by atoms with Gasteiger partial charge in [-0.05, 0) is 37.6 Å². The summed E-state index contributed by atoms with van der Waals surface area (Å²) in [7, 11) is 0. The van der Waals surface area contributed by atoms with Gasteiger partial charge in [0.15, 0.2) is 6.54 Å². The zero-order valence-corrected chi connectivity index (χ0v) is 20.6. The van der Waals surface area contributed by atoms with Crippen LogP contribution in [0, 0.1) is 0 Å². The second kappa shape index (κ2) is 11.1. The maximum atomic E-state index is 11.1. The summed E-state index contributed by atoms with van der Waals surface area (Å²) < 4.78 is 8.47. The molecular weight excluding hydrogens is 456 g/mol. The number of carboxylic acids is 2. The summed E-state index contributed by atoms with van der Waals surface area (Å²) in [5, 5.41) is 20.1. The van der Waals surface area contributed by atoms with Crippen molar-refractivity contribution in [2.75, 3.05) is 31.1 Å². The summed E-state index contributed by atoms with van der Waals surface area (Å²) >= 11 is 0. The molecule has 1 heterocycles. The predicted octanol–water partition coefficient (Wildman–Crippen LogP) is 4.77. The average Bonchev–Trinajstić information content (AvgIpc) is 2.88. The van der Waals surface area contributed by atoms with Crippen LogP contribution in [0.3, 0.4) is 0 Å². The number of hydrogen-bond donors (Lipinski definition) is 2. The van der Waals surface area contributed by atoms with Crippen LogP contribution >= 0.6 is 0 Å². The van der Waals surface area contributed by atoms with E-state index in [4.69, 9.17) is 14.6 Å². The molecule has 186 valence electrons. The first kappa shape index (κ1) is 25.0. The van der Waals surface area contributed by atoms with Gasteiger partial charge >= 0.3 is 11.9 Å². The number of carboxylic acid groups (broad SMARTS) is 2. The van der Waals surface area contributed by atoms with Gasteiger partial charge in [-0.15, -0.1) is 0 Å². The minimum absolute atomic E-state index is 0.0581. The fourth-order valence-electron chi connectivity index (χ4n) is 4.58. The summed E-state index contributed by atoms with van der Waals surface area (Å²) in [5.74, 6) is -0.947. The van der Waals surface area contributed by atoms with Crippen molar-refractivity contribution < 1.29 is 24.2 Å². The van der Waals surface area contributed by atoms with E-state index >= 15 is 0 Å². The van der Waals surface area contributed by atoms with Crippen LogP contribution in [0.5, 0.6) is 0 Å². The lowest BCUT2D eigenvalue weighted by molar-refractivity contribution is -0.137. The molecule has 0 radical (unpaired) electrons. The van der Waals surface area contributed by atoms with Crippen LogP contribution in [0.4, 0.5) is 5.69 Å². The van der Waals surface area contributed by atoms with Gasteiger partial charge in [-0.25, -0.2) is 4.58 Å². The predicted molar refractivity (Wildman–Crippen MR) is 141 cm³/mol. The largest absolute Gasteiger partial charge is 0.481 e. The van der Waals surface area contributed by atoms with E-state index in [1.54, 1.807) is 0 Å². The molecule has 0 spiro atoms. The molecular formula is C29H31N2O5+. The van der Waals surface area contributed by atoms with Gasteiger partial charge in [0.1, 0.15) is 24.3 Å². The standard InChI is InChI=1S/C29H30N2O5/c1-3-30(16-14-27(32)33)21-10-12-23-25(18-21)36-26-19-22(31(4-2)17-15-28(34)35)11-13-24(26)29(23)20-8-6-5-7-9-20/h5-13,18-19H,3-4,14-17H2,1-2H3,(H-,32,33,34,35)/p+1. The third-order valence-electron chi connectivity index (χ3n) is 6.44. The molecule has 2 aromatic carbocycles. The first-order valence-electron chi connectivity index (χ1n) is 12.2. The summed E-state index contributed by atoms with van der Waals surface area (Å²) in [6, 6.07) is 22.2. The number of hydrogen-bond acceptors (Lipinski definition) is 4. The highest BCUT2D eigenvalue weighted by Crippen LogP contribution is 2.40. The molecule has 1 aliphatic carbocycles. The van der Waals surface area contributed by atoms with Crippen LogP contribution < -0.4 is 14.8 Å². The third-order valence-corrected chi connectivity index (χ3v) is 6.44. The molecule has 36 heavy (non-hydrogen) atoms. The molecule has 0 bridgehead atoms. The first-order chi connectivity index (χ1) is 17.4. The lowest BCUT2D eigenvalue weighted by Gasteiger charge is -2.23. The van der Waals surface area contributed by atoms with Crippen LogP contribution in [-0.4, -0.2) is 48.3 Å². The SMILES string of the molecule is CCN(CCC(=O)O)c1ccc2c(-c3ccccc3)c3ccc(=[N+](CC)CCC(=O)O)cc-3oc2c1. The van der Waals surface area contributed by atoms with Gasteiger partial charge in [-0.3, -0.25) is 9.59 Å². The van der Waals surface area contributed by atoms with Crippen LogP contribution in [0.25, 0.3) is 33.4 Å². The molecule has 2 aliphatic rings. The lowest BCUT2D eigenvalue weighted by atomic mass is 9.93. The van der Waals surface area contributed by atoms with E-state index in [1.165, 1.54) is 0 Å². The number of fused-ring (bicyclic) bond motifs is 2. The summed E-state index contributed by atoms with van der Waals surface area (Å²) in [6.07, 6.45) is 0.116. The van der Waals surface area contributed by atoms with Crippen molar-refractivity contribution in [2.45, 2.75) is 26.7 Å². The van der Waals surface area contributed by atoms with E-state index in [2.05, 4.69) is 12.1 Å². The van der Waals surface area contributed by atoms with Crippen molar-refractivity contribution in [3.63, 3.8) is 0 Å². The fraction of sp³-hybridized carbons (Fsp3) is 0.276.